The zero-order valence-electron chi connectivity index (χ0n) is 10.3. The van der Waals surface area contributed by atoms with Gasteiger partial charge in [0.25, 0.3) is 0 Å². The number of hydrogen-bond acceptors (Lipinski definition) is 1. The highest BCUT2D eigenvalue weighted by Crippen LogP contribution is 2.16. The summed E-state index contributed by atoms with van der Waals surface area (Å²) in [5.74, 6) is 1.57. The molecule has 2 aromatic rings. The summed E-state index contributed by atoms with van der Waals surface area (Å²) >= 11 is 5.63. The molecule has 0 amide bonds. The average Bonchev–Trinajstić information content (AvgIpc) is 2.41. The second-order valence-corrected chi connectivity index (χ2v) is 4.58. The fraction of sp³-hybridized carbons (Fsp3) is 0.250. The predicted octanol–water partition coefficient (Wildman–Crippen LogP) is 4.29. The third-order valence-electron chi connectivity index (χ3n) is 2.70. The first-order valence-corrected chi connectivity index (χ1v) is 6.73. The zero-order valence-corrected chi connectivity index (χ0v) is 11.1. The second-order valence-electron chi connectivity index (χ2n) is 4.20. The highest BCUT2D eigenvalue weighted by atomic mass is 35.5. The first kappa shape index (κ1) is 13.0. The van der Waals surface area contributed by atoms with Crippen molar-refractivity contribution in [1.82, 2.24) is 0 Å². The third kappa shape index (κ3) is 4.08. The molecule has 0 aliphatic heterocycles. The van der Waals surface area contributed by atoms with Crippen molar-refractivity contribution in [2.75, 3.05) is 12.5 Å². The number of halogens is 1. The van der Waals surface area contributed by atoms with Gasteiger partial charge in [-0.15, -0.1) is 11.6 Å². The van der Waals surface area contributed by atoms with E-state index >= 15 is 0 Å². The van der Waals surface area contributed by atoms with Crippen LogP contribution in [0.2, 0.25) is 0 Å². The van der Waals surface area contributed by atoms with E-state index in [1.54, 1.807) is 0 Å². The Kier molecular flexibility index (Phi) is 5.10. The van der Waals surface area contributed by atoms with Gasteiger partial charge in [-0.2, -0.15) is 0 Å². The predicted molar refractivity (Wildman–Crippen MR) is 76.5 cm³/mol. The zero-order chi connectivity index (χ0) is 12.6. The maximum atomic E-state index is 5.64. The molecule has 0 atom stereocenters. The van der Waals surface area contributed by atoms with Crippen molar-refractivity contribution in [2.45, 2.75) is 12.8 Å². The van der Waals surface area contributed by atoms with Gasteiger partial charge in [-0.3, -0.25) is 0 Å². The lowest BCUT2D eigenvalue weighted by atomic mass is 10.1. The van der Waals surface area contributed by atoms with Crippen molar-refractivity contribution >= 4 is 11.6 Å². The van der Waals surface area contributed by atoms with Gasteiger partial charge in [0, 0.05) is 5.88 Å². The van der Waals surface area contributed by atoms with E-state index in [9.17, 15) is 0 Å². The molecule has 0 N–H and O–H groups in total. The maximum absolute atomic E-state index is 5.64. The van der Waals surface area contributed by atoms with Crippen LogP contribution >= 0.6 is 11.6 Å². The van der Waals surface area contributed by atoms with Gasteiger partial charge in [0.2, 0.25) is 0 Å². The normalized spacial score (nSPS) is 10.3. The van der Waals surface area contributed by atoms with Crippen molar-refractivity contribution in [1.29, 1.82) is 0 Å². The van der Waals surface area contributed by atoms with Crippen LogP contribution in [0.3, 0.4) is 0 Å². The van der Waals surface area contributed by atoms with Gasteiger partial charge in [0.05, 0.1) is 6.61 Å². The van der Waals surface area contributed by atoms with E-state index in [1.165, 1.54) is 11.1 Å². The minimum absolute atomic E-state index is 0.643. The average molecular weight is 261 g/mol. The van der Waals surface area contributed by atoms with Gasteiger partial charge in [-0.1, -0.05) is 42.5 Å². The molecule has 2 aromatic carbocycles. The van der Waals surface area contributed by atoms with Crippen LogP contribution in [0, 0.1) is 0 Å². The Bertz CT molecular complexity index is 468. The van der Waals surface area contributed by atoms with E-state index in [2.05, 4.69) is 36.4 Å². The van der Waals surface area contributed by atoms with E-state index in [0.717, 1.165) is 18.6 Å². The molecule has 0 radical (unpaired) electrons. The Morgan fingerprint density at radius 1 is 0.889 bits per heavy atom. The van der Waals surface area contributed by atoms with Gasteiger partial charge in [0.15, 0.2) is 0 Å². The molecule has 0 bridgehead atoms. The molecule has 0 saturated heterocycles. The molecule has 2 heteroatoms. The Balaban J connectivity index is 1.99. The molecule has 1 nitrogen and oxygen atoms in total. The van der Waals surface area contributed by atoms with Crippen LogP contribution in [0.5, 0.6) is 5.75 Å². The van der Waals surface area contributed by atoms with Gasteiger partial charge < -0.3 is 4.74 Å². The van der Waals surface area contributed by atoms with Crippen LogP contribution in [0.25, 0.3) is 0 Å². The second kappa shape index (κ2) is 7.07. The van der Waals surface area contributed by atoms with Gasteiger partial charge >= 0.3 is 0 Å². The minimum atomic E-state index is 0.643. The molecular weight excluding hydrogens is 244 g/mol. The number of alkyl halides is 1. The molecule has 0 spiro atoms. The van der Waals surface area contributed by atoms with E-state index in [-0.39, 0.29) is 0 Å². The smallest absolute Gasteiger partial charge is 0.119 e. The van der Waals surface area contributed by atoms with Gasteiger partial charge in [-0.05, 0) is 36.1 Å². The highest BCUT2D eigenvalue weighted by molar-refractivity contribution is 6.17. The SMILES string of the molecule is ClCCCOc1cccc(Cc2ccccc2)c1. The number of benzene rings is 2. The van der Waals surface area contributed by atoms with Crippen molar-refractivity contribution in [3.05, 3.63) is 65.7 Å². The largest absolute Gasteiger partial charge is 0.494 e. The quantitative estimate of drug-likeness (QED) is 0.556. The molecule has 0 heterocycles. The van der Waals surface area contributed by atoms with Crippen LogP contribution in [0.1, 0.15) is 17.5 Å². The van der Waals surface area contributed by atoms with E-state index in [0.29, 0.717) is 12.5 Å². The lowest BCUT2D eigenvalue weighted by molar-refractivity contribution is 0.318. The summed E-state index contributed by atoms with van der Waals surface area (Å²) < 4.78 is 5.64. The van der Waals surface area contributed by atoms with Crippen LogP contribution < -0.4 is 4.74 Å². The summed E-state index contributed by atoms with van der Waals surface area (Å²) in [6, 6.07) is 18.7. The van der Waals surface area contributed by atoms with E-state index in [1.807, 2.05) is 18.2 Å². The highest BCUT2D eigenvalue weighted by Gasteiger charge is 1.98. The van der Waals surface area contributed by atoms with Crippen molar-refractivity contribution < 1.29 is 4.74 Å². The van der Waals surface area contributed by atoms with Crippen molar-refractivity contribution in [3.8, 4) is 5.75 Å². The summed E-state index contributed by atoms with van der Waals surface area (Å²) in [7, 11) is 0. The number of ether oxygens (including phenoxy) is 1. The summed E-state index contributed by atoms with van der Waals surface area (Å²) in [5.41, 5.74) is 2.58. The van der Waals surface area contributed by atoms with Crippen molar-refractivity contribution in [3.63, 3.8) is 0 Å². The lowest BCUT2D eigenvalue weighted by Gasteiger charge is -2.07. The molecule has 0 unspecified atom stereocenters. The van der Waals surface area contributed by atoms with Crippen LogP contribution in [-0.2, 0) is 6.42 Å². The summed E-state index contributed by atoms with van der Waals surface area (Å²) in [5, 5.41) is 0. The fourth-order valence-corrected chi connectivity index (χ4v) is 1.93. The van der Waals surface area contributed by atoms with Crippen molar-refractivity contribution in [2.24, 2.45) is 0 Å². The summed E-state index contributed by atoms with van der Waals surface area (Å²) in [6.45, 7) is 0.679. The molecule has 94 valence electrons. The molecule has 0 aliphatic rings. The Labute approximate surface area is 113 Å². The molecule has 0 aliphatic carbocycles. The lowest BCUT2D eigenvalue weighted by Crippen LogP contribution is -1.98. The summed E-state index contributed by atoms with van der Waals surface area (Å²) in [6.07, 6.45) is 1.82. The number of hydrogen-bond donors (Lipinski definition) is 0. The fourth-order valence-electron chi connectivity index (χ4n) is 1.82. The Hall–Kier alpha value is -1.47. The molecule has 0 saturated carbocycles. The van der Waals surface area contributed by atoms with E-state index < -0.39 is 0 Å². The molecule has 0 aromatic heterocycles. The molecule has 2 rings (SSSR count). The number of rotatable bonds is 6. The Morgan fingerprint density at radius 2 is 1.67 bits per heavy atom. The van der Waals surface area contributed by atoms with Crippen LogP contribution in [-0.4, -0.2) is 12.5 Å². The van der Waals surface area contributed by atoms with E-state index in [4.69, 9.17) is 16.3 Å². The maximum Gasteiger partial charge on any atom is 0.119 e. The third-order valence-corrected chi connectivity index (χ3v) is 2.96. The van der Waals surface area contributed by atoms with Gasteiger partial charge in [-0.25, -0.2) is 0 Å². The first-order valence-electron chi connectivity index (χ1n) is 6.20. The monoisotopic (exact) mass is 260 g/mol. The van der Waals surface area contributed by atoms with Crippen LogP contribution in [0.15, 0.2) is 54.6 Å². The topological polar surface area (TPSA) is 9.23 Å². The molecule has 0 fully saturated rings. The minimum Gasteiger partial charge on any atom is -0.494 e. The first-order chi connectivity index (χ1) is 8.88. The molecule has 18 heavy (non-hydrogen) atoms. The Morgan fingerprint density at radius 3 is 2.44 bits per heavy atom. The van der Waals surface area contributed by atoms with Gasteiger partial charge in [0.1, 0.15) is 5.75 Å². The standard InChI is InChI=1S/C16H17ClO/c17-10-5-11-18-16-9-4-8-15(13-16)12-14-6-2-1-3-7-14/h1-4,6-9,13H,5,10-12H2. The summed E-state index contributed by atoms with van der Waals surface area (Å²) in [4.78, 5) is 0. The molecular formula is C16H17ClO. The van der Waals surface area contributed by atoms with Crippen LogP contribution in [0.4, 0.5) is 0 Å².